The number of amides is 1. The summed E-state index contributed by atoms with van der Waals surface area (Å²) >= 11 is 1.55. The van der Waals surface area contributed by atoms with Gasteiger partial charge in [-0.3, -0.25) is 9.20 Å². The molecule has 1 saturated heterocycles. The number of fused-ring (bicyclic) bond motifs is 2. The minimum atomic E-state index is 0.0528. The fraction of sp³-hybridized carbons (Fsp3) is 0.400. The molecular formula is C20H22N4O3S. The topological polar surface area (TPSA) is 68.1 Å². The van der Waals surface area contributed by atoms with Gasteiger partial charge in [-0.15, -0.1) is 11.3 Å². The second-order valence-electron chi connectivity index (χ2n) is 7.19. The second-order valence-corrected chi connectivity index (χ2v) is 8.07. The van der Waals surface area contributed by atoms with Crippen LogP contribution in [0.4, 0.5) is 5.69 Å². The maximum atomic E-state index is 13.2. The third-order valence-electron chi connectivity index (χ3n) is 5.26. The van der Waals surface area contributed by atoms with Gasteiger partial charge < -0.3 is 19.7 Å². The molecule has 1 amide bonds. The van der Waals surface area contributed by atoms with Crippen LogP contribution in [0, 0.1) is 6.92 Å². The molecule has 28 heavy (non-hydrogen) atoms. The molecule has 1 N–H and O–H groups in total. The van der Waals surface area contributed by atoms with E-state index in [0.29, 0.717) is 25.5 Å². The van der Waals surface area contributed by atoms with Crippen molar-refractivity contribution < 1.29 is 14.3 Å². The van der Waals surface area contributed by atoms with Gasteiger partial charge >= 0.3 is 0 Å². The molecule has 2 aliphatic rings. The number of benzene rings is 1. The lowest BCUT2D eigenvalue weighted by atomic mass is 10.0. The number of imidazole rings is 1. The van der Waals surface area contributed by atoms with Gasteiger partial charge in [0.2, 0.25) is 0 Å². The summed E-state index contributed by atoms with van der Waals surface area (Å²) in [5.41, 5.74) is 2.46. The highest BCUT2D eigenvalue weighted by Gasteiger charge is 2.28. The number of piperidine rings is 1. The van der Waals surface area contributed by atoms with Gasteiger partial charge in [0.15, 0.2) is 16.5 Å². The molecule has 2 aliphatic heterocycles. The average Bonchev–Trinajstić information content (AvgIpc) is 3.27. The van der Waals surface area contributed by atoms with Crippen LogP contribution in [0.15, 0.2) is 29.8 Å². The Labute approximate surface area is 166 Å². The third kappa shape index (κ3) is 3.07. The molecule has 1 aromatic carbocycles. The molecule has 1 fully saturated rings. The maximum Gasteiger partial charge on any atom is 0.272 e. The number of carbonyl (C=O) groups is 1. The van der Waals surface area contributed by atoms with Crippen LogP contribution in [0.3, 0.4) is 0 Å². The third-order valence-corrected chi connectivity index (χ3v) is 6.02. The first-order chi connectivity index (χ1) is 13.7. The second kappa shape index (κ2) is 7.01. The van der Waals surface area contributed by atoms with Crippen molar-refractivity contribution in [3.8, 4) is 11.5 Å². The molecule has 0 spiro atoms. The zero-order chi connectivity index (χ0) is 19.1. The largest absolute Gasteiger partial charge is 0.486 e. The summed E-state index contributed by atoms with van der Waals surface area (Å²) in [6.45, 7) is 4.51. The summed E-state index contributed by atoms with van der Waals surface area (Å²) in [6.07, 6.45) is 3.91. The van der Waals surface area contributed by atoms with E-state index >= 15 is 0 Å². The van der Waals surface area contributed by atoms with E-state index in [4.69, 9.17) is 9.47 Å². The number of rotatable bonds is 3. The quantitative estimate of drug-likeness (QED) is 0.734. The SMILES string of the molecule is Cc1nc2sccn2c1C(=O)N1CCCC(Nc2ccc3c(c2)OCCO3)C1. The lowest BCUT2D eigenvalue weighted by Gasteiger charge is -2.34. The van der Waals surface area contributed by atoms with Crippen LogP contribution < -0.4 is 14.8 Å². The zero-order valence-corrected chi connectivity index (χ0v) is 16.5. The van der Waals surface area contributed by atoms with Crippen molar-refractivity contribution in [2.24, 2.45) is 0 Å². The molecular weight excluding hydrogens is 376 g/mol. The van der Waals surface area contributed by atoms with E-state index < -0.39 is 0 Å². The molecule has 1 atom stereocenters. The first kappa shape index (κ1) is 17.4. The van der Waals surface area contributed by atoms with Gasteiger partial charge in [0.05, 0.1) is 5.69 Å². The molecule has 2 aromatic heterocycles. The molecule has 0 radical (unpaired) electrons. The Hall–Kier alpha value is -2.74. The van der Waals surface area contributed by atoms with Crippen LogP contribution >= 0.6 is 11.3 Å². The summed E-state index contributed by atoms with van der Waals surface area (Å²) in [6, 6.07) is 6.12. The number of likely N-dealkylation sites (tertiary alicyclic amines) is 1. The molecule has 146 valence electrons. The van der Waals surface area contributed by atoms with Gasteiger partial charge in [-0.1, -0.05) is 0 Å². The predicted octanol–water partition coefficient (Wildman–Crippen LogP) is 3.19. The van der Waals surface area contributed by atoms with E-state index in [1.807, 2.05) is 46.0 Å². The van der Waals surface area contributed by atoms with Crippen molar-refractivity contribution in [1.29, 1.82) is 0 Å². The van der Waals surface area contributed by atoms with E-state index in [-0.39, 0.29) is 11.9 Å². The zero-order valence-electron chi connectivity index (χ0n) is 15.7. The smallest absolute Gasteiger partial charge is 0.272 e. The number of nitrogens with one attached hydrogen (secondary N) is 1. The van der Waals surface area contributed by atoms with Crippen LogP contribution in [0.2, 0.25) is 0 Å². The number of hydrogen-bond donors (Lipinski definition) is 1. The summed E-state index contributed by atoms with van der Waals surface area (Å²) in [7, 11) is 0. The Morgan fingerprint density at radius 2 is 2.14 bits per heavy atom. The van der Waals surface area contributed by atoms with Gasteiger partial charge in [0.1, 0.15) is 18.9 Å². The van der Waals surface area contributed by atoms with Crippen molar-refractivity contribution in [2.45, 2.75) is 25.8 Å². The lowest BCUT2D eigenvalue weighted by Crippen LogP contribution is -2.45. The van der Waals surface area contributed by atoms with Crippen molar-refractivity contribution in [3.05, 3.63) is 41.2 Å². The van der Waals surface area contributed by atoms with E-state index in [1.54, 1.807) is 11.3 Å². The Bertz CT molecular complexity index is 1030. The number of ether oxygens (including phenoxy) is 2. The molecule has 0 saturated carbocycles. The lowest BCUT2D eigenvalue weighted by molar-refractivity contribution is 0.0707. The van der Waals surface area contributed by atoms with Gasteiger partial charge in [-0.25, -0.2) is 4.98 Å². The summed E-state index contributed by atoms with van der Waals surface area (Å²) in [4.78, 5) is 20.5. The number of thiazole rings is 1. The number of aryl methyl sites for hydroxylation is 1. The fourth-order valence-electron chi connectivity index (χ4n) is 3.95. The molecule has 1 unspecified atom stereocenters. The number of nitrogens with zero attached hydrogens (tertiary/aromatic N) is 3. The maximum absolute atomic E-state index is 13.2. The minimum Gasteiger partial charge on any atom is -0.486 e. The van der Waals surface area contributed by atoms with Crippen LogP contribution in [0.25, 0.3) is 4.96 Å². The molecule has 5 rings (SSSR count). The summed E-state index contributed by atoms with van der Waals surface area (Å²) in [5, 5.41) is 5.52. The van der Waals surface area contributed by atoms with Crippen molar-refractivity contribution in [1.82, 2.24) is 14.3 Å². The van der Waals surface area contributed by atoms with Crippen LogP contribution in [-0.4, -0.2) is 52.5 Å². The highest BCUT2D eigenvalue weighted by atomic mass is 32.1. The first-order valence-corrected chi connectivity index (χ1v) is 10.4. The Morgan fingerprint density at radius 1 is 1.29 bits per heavy atom. The fourth-order valence-corrected chi connectivity index (χ4v) is 4.71. The number of anilines is 1. The molecule has 8 heteroatoms. The van der Waals surface area contributed by atoms with Crippen molar-refractivity contribution in [2.75, 3.05) is 31.6 Å². The van der Waals surface area contributed by atoms with E-state index in [1.165, 1.54) is 0 Å². The molecule has 0 aliphatic carbocycles. The van der Waals surface area contributed by atoms with Crippen LogP contribution in [0.1, 0.15) is 29.0 Å². The Kier molecular flexibility index (Phi) is 4.35. The Balaban J connectivity index is 1.31. The first-order valence-electron chi connectivity index (χ1n) is 9.56. The summed E-state index contributed by atoms with van der Waals surface area (Å²) in [5.74, 6) is 1.61. The van der Waals surface area contributed by atoms with Gasteiger partial charge in [0, 0.05) is 42.5 Å². The Morgan fingerprint density at radius 3 is 3.04 bits per heavy atom. The standard InChI is InChI=1S/C20H22N4O3S/c1-13-18(24-7-10-28-20(24)21-13)19(25)23-6-2-3-15(12-23)22-14-4-5-16-17(11-14)27-9-8-26-16/h4-5,7,10-11,15,22H,2-3,6,8-9,12H2,1H3. The number of carbonyl (C=O) groups excluding carboxylic acids is 1. The average molecular weight is 398 g/mol. The highest BCUT2D eigenvalue weighted by Crippen LogP contribution is 2.33. The van der Waals surface area contributed by atoms with Crippen LogP contribution in [0.5, 0.6) is 11.5 Å². The normalized spacial score (nSPS) is 19.0. The predicted molar refractivity (Wildman–Crippen MR) is 108 cm³/mol. The highest BCUT2D eigenvalue weighted by molar-refractivity contribution is 7.15. The van der Waals surface area contributed by atoms with E-state index in [9.17, 15) is 4.79 Å². The number of hydrogen-bond acceptors (Lipinski definition) is 6. The molecule has 0 bridgehead atoms. The van der Waals surface area contributed by atoms with E-state index in [2.05, 4.69) is 10.3 Å². The van der Waals surface area contributed by atoms with Crippen molar-refractivity contribution >= 4 is 27.9 Å². The van der Waals surface area contributed by atoms with Crippen molar-refractivity contribution in [3.63, 3.8) is 0 Å². The van der Waals surface area contributed by atoms with E-state index in [0.717, 1.165) is 47.2 Å². The minimum absolute atomic E-state index is 0.0528. The van der Waals surface area contributed by atoms with Gasteiger partial charge in [-0.2, -0.15) is 0 Å². The monoisotopic (exact) mass is 398 g/mol. The molecule has 4 heterocycles. The molecule has 7 nitrogen and oxygen atoms in total. The molecule has 3 aromatic rings. The summed E-state index contributed by atoms with van der Waals surface area (Å²) < 4.78 is 13.2. The number of aromatic nitrogens is 2. The van der Waals surface area contributed by atoms with Crippen LogP contribution in [-0.2, 0) is 0 Å². The van der Waals surface area contributed by atoms with Gasteiger partial charge in [-0.05, 0) is 31.9 Å². The van der Waals surface area contributed by atoms with Gasteiger partial charge in [0.25, 0.3) is 5.91 Å².